The Labute approximate surface area is 127 Å². The molecule has 9 heteroatoms. The van der Waals surface area contributed by atoms with Gasteiger partial charge in [0.15, 0.2) is 0 Å². The Kier molecular flexibility index (Phi) is 3.79. The predicted octanol–water partition coefficient (Wildman–Crippen LogP) is 0.570. The number of carbonyl (C=O) groups excluding carboxylic acids is 1. The Balaban J connectivity index is 1.80. The van der Waals surface area contributed by atoms with Gasteiger partial charge in [-0.3, -0.25) is 19.5 Å². The molecule has 112 valence electrons. The summed E-state index contributed by atoms with van der Waals surface area (Å²) in [6.07, 6.45) is 0.0355. The molecular formula is C13H11N5O3S. The van der Waals surface area contributed by atoms with E-state index >= 15 is 0 Å². The summed E-state index contributed by atoms with van der Waals surface area (Å²) >= 11 is 1.20. The Bertz CT molecular complexity index is 929. The van der Waals surface area contributed by atoms with Crippen molar-refractivity contribution in [2.75, 3.05) is 5.32 Å². The Morgan fingerprint density at radius 1 is 1.27 bits per heavy atom. The zero-order chi connectivity index (χ0) is 15.5. The zero-order valence-corrected chi connectivity index (χ0v) is 12.1. The lowest BCUT2D eigenvalue weighted by Gasteiger charge is -2.06. The first-order valence-corrected chi connectivity index (χ1v) is 7.31. The fourth-order valence-corrected chi connectivity index (χ4v) is 2.49. The van der Waals surface area contributed by atoms with Gasteiger partial charge in [0.1, 0.15) is 5.51 Å². The highest BCUT2D eigenvalue weighted by Gasteiger charge is 2.09. The summed E-state index contributed by atoms with van der Waals surface area (Å²) in [5, 5.41) is 13.4. The number of hydrogen-bond acceptors (Lipinski definition) is 6. The van der Waals surface area contributed by atoms with Gasteiger partial charge in [-0.05, 0) is 12.1 Å². The molecule has 2 aromatic heterocycles. The predicted molar refractivity (Wildman–Crippen MR) is 82.0 cm³/mol. The first-order valence-electron chi connectivity index (χ1n) is 6.43. The Morgan fingerprint density at radius 3 is 2.77 bits per heavy atom. The summed E-state index contributed by atoms with van der Waals surface area (Å²) in [4.78, 5) is 35.9. The number of anilines is 1. The van der Waals surface area contributed by atoms with Gasteiger partial charge in [-0.1, -0.05) is 23.5 Å². The van der Waals surface area contributed by atoms with Gasteiger partial charge in [0.05, 0.1) is 17.3 Å². The van der Waals surface area contributed by atoms with Crippen LogP contribution in [0.25, 0.3) is 10.8 Å². The van der Waals surface area contributed by atoms with Crippen LogP contribution in [0.3, 0.4) is 0 Å². The molecule has 3 rings (SSSR count). The summed E-state index contributed by atoms with van der Waals surface area (Å²) in [5.74, 6) is -0.308. The van der Waals surface area contributed by atoms with E-state index in [2.05, 4.69) is 20.6 Å². The highest BCUT2D eigenvalue weighted by molar-refractivity contribution is 7.13. The normalized spacial score (nSPS) is 10.7. The van der Waals surface area contributed by atoms with E-state index in [0.717, 1.165) is 4.68 Å². The molecule has 0 aliphatic heterocycles. The molecule has 0 saturated heterocycles. The van der Waals surface area contributed by atoms with Crippen molar-refractivity contribution >= 4 is 33.1 Å². The fraction of sp³-hybridized carbons (Fsp3) is 0.154. The molecule has 8 nitrogen and oxygen atoms in total. The third kappa shape index (κ3) is 2.79. The average Bonchev–Trinajstić information content (AvgIpc) is 3.02. The molecule has 0 aliphatic carbocycles. The van der Waals surface area contributed by atoms with Crippen LogP contribution in [0.2, 0.25) is 0 Å². The highest BCUT2D eigenvalue weighted by Crippen LogP contribution is 2.08. The second kappa shape index (κ2) is 5.90. The lowest BCUT2D eigenvalue weighted by molar-refractivity contribution is -0.116. The standard InChI is InChI=1S/C13H11N5O3S/c19-10(15-13-16-14-7-22-13)5-6-18-12(21)9-4-2-1-3-8(9)11(20)17-18/h1-4,7H,5-6H2,(H,17,20)(H,15,16,19). The molecule has 0 radical (unpaired) electrons. The van der Waals surface area contributed by atoms with Crippen molar-refractivity contribution in [2.24, 2.45) is 0 Å². The number of aromatic amines is 1. The quantitative estimate of drug-likeness (QED) is 0.731. The molecule has 0 saturated carbocycles. The topological polar surface area (TPSA) is 110 Å². The first kappa shape index (κ1) is 14.1. The van der Waals surface area contributed by atoms with Gasteiger partial charge in [0.25, 0.3) is 11.1 Å². The van der Waals surface area contributed by atoms with E-state index < -0.39 is 0 Å². The minimum absolute atomic E-state index is 0.0355. The van der Waals surface area contributed by atoms with E-state index in [-0.39, 0.29) is 30.0 Å². The van der Waals surface area contributed by atoms with E-state index in [1.165, 1.54) is 16.8 Å². The minimum atomic E-state index is -0.361. The van der Waals surface area contributed by atoms with E-state index in [1.807, 2.05) is 0 Å². The SMILES string of the molecule is O=C(CCn1[nH]c(=O)c2ccccc2c1=O)Nc1nncs1. The molecule has 0 atom stereocenters. The van der Waals surface area contributed by atoms with Gasteiger partial charge >= 0.3 is 0 Å². The zero-order valence-electron chi connectivity index (χ0n) is 11.3. The Morgan fingerprint density at radius 2 is 2.05 bits per heavy atom. The molecule has 2 N–H and O–H groups in total. The number of amides is 1. The molecule has 0 bridgehead atoms. The number of fused-ring (bicyclic) bond motifs is 1. The van der Waals surface area contributed by atoms with Crippen LogP contribution in [0.5, 0.6) is 0 Å². The van der Waals surface area contributed by atoms with Crippen molar-refractivity contribution in [2.45, 2.75) is 13.0 Å². The van der Waals surface area contributed by atoms with Crippen molar-refractivity contribution in [3.63, 3.8) is 0 Å². The van der Waals surface area contributed by atoms with Crippen molar-refractivity contribution in [3.05, 3.63) is 50.5 Å². The Hall–Kier alpha value is -2.81. The molecule has 3 aromatic rings. The van der Waals surface area contributed by atoms with Crippen LogP contribution in [0, 0.1) is 0 Å². The van der Waals surface area contributed by atoms with Gasteiger partial charge in [-0.2, -0.15) is 0 Å². The third-order valence-corrected chi connectivity index (χ3v) is 3.66. The molecule has 0 spiro atoms. The maximum Gasteiger partial charge on any atom is 0.273 e. The van der Waals surface area contributed by atoms with Gasteiger partial charge in [0, 0.05) is 6.42 Å². The number of H-pyrrole nitrogens is 1. The van der Waals surface area contributed by atoms with Crippen molar-refractivity contribution in [1.82, 2.24) is 20.0 Å². The number of aromatic nitrogens is 4. The highest BCUT2D eigenvalue weighted by atomic mass is 32.1. The van der Waals surface area contributed by atoms with Crippen LogP contribution in [0.4, 0.5) is 5.13 Å². The smallest absolute Gasteiger partial charge is 0.273 e. The van der Waals surface area contributed by atoms with Crippen molar-refractivity contribution in [3.8, 4) is 0 Å². The number of hydrogen-bond donors (Lipinski definition) is 2. The van der Waals surface area contributed by atoms with Crippen LogP contribution in [-0.2, 0) is 11.3 Å². The van der Waals surface area contributed by atoms with Crippen LogP contribution in [-0.4, -0.2) is 25.9 Å². The summed E-state index contributed by atoms with van der Waals surface area (Å²) in [5.41, 5.74) is 0.805. The van der Waals surface area contributed by atoms with Crippen molar-refractivity contribution in [1.29, 1.82) is 0 Å². The number of carbonyl (C=O) groups is 1. The number of benzene rings is 1. The van der Waals surface area contributed by atoms with Gasteiger partial charge < -0.3 is 5.32 Å². The molecule has 2 heterocycles. The molecular weight excluding hydrogens is 306 g/mol. The minimum Gasteiger partial charge on any atom is -0.300 e. The van der Waals surface area contributed by atoms with Gasteiger partial charge in [0.2, 0.25) is 11.0 Å². The molecule has 1 amide bonds. The van der Waals surface area contributed by atoms with Crippen LogP contribution < -0.4 is 16.4 Å². The first-order chi connectivity index (χ1) is 10.6. The van der Waals surface area contributed by atoms with Crippen LogP contribution >= 0.6 is 11.3 Å². The second-order valence-corrected chi connectivity index (χ2v) is 5.32. The third-order valence-electron chi connectivity index (χ3n) is 3.05. The lowest BCUT2D eigenvalue weighted by Crippen LogP contribution is -2.31. The molecule has 0 aliphatic rings. The van der Waals surface area contributed by atoms with E-state index in [9.17, 15) is 14.4 Å². The van der Waals surface area contributed by atoms with Crippen LogP contribution in [0.1, 0.15) is 6.42 Å². The number of nitrogens with one attached hydrogen (secondary N) is 2. The van der Waals surface area contributed by atoms with Gasteiger partial charge in [-0.15, -0.1) is 10.2 Å². The maximum atomic E-state index is 12.3. The number of aryl methyl sites for hydroxylation is 1. The molecule has 1 aromatic carbocycles. The fourth-order valence-electron chi connectivity index (χ4n) is 2.03. The van der Waals surface area contributed by atoms with E-state index in [0.29, 0.717) is 15.9 Å². The number of rotatable bonds is 4. The monoisotopic (exact) mass is 317 g/mol. The van der Waals surface area contributed by atoms with E-state index in [1.54, 1.807) is 24.3 Å². The second-order valence-electron chi connectivity index (χ2n) is 4.49. The molecule has 0 unspecified atom stereocenters. The summed E-state index contributed by atoms with van der Waals surface area (Å²) in [7, 11) is 0. The summed E-state index contributed by atoms with van der Waals surface area (Å²) in [6, 6.07) is 6.55. The van der Waals surface area contributed by atoms with E-state index in [4.69, 9.17) is 0 Å². The lowest BCUT2D eigenvalue weighted by atomic mass is 10.2. The maximum absolute atomic E-state index is 12.3. The average molecular weight is 317 g/mol. The molecule has 0 fully saturated rings. The molecule has 22 heavy (non-hydrogen) atoms. The summed E-state index contributed by atoms with van der Waals surface area (Å²) in [6.45, 7) is 0.0730. The largest absolute Gasteiger partial charge is 0.300 e. The van der Waals surface area contributed by atoms with Crippen LogP contribution in [0.15, 0.2) is 39.4 Å². The van der Waals surface area contributed by atoms with Crippen molar-refractivity contribution < 1.29 is 4.79 Å². The summed E-state index contributed by atoms with van der Waals surface area (Å²) < 4.78 is 1.14. The van der Waals surface area contributed by atoms with Gasteiger partial charge in [-0.25, -0.2) is 4.68 Å². The number of nitrogens with zero attached hydrogens (tertiary/aromatic N) is 3.